The maximum absolute atomic E-state index is 14.6. The summed E-state index contributed by atoms with van der Waals surface area (Å²) in [4.78, 5) is 30.9. The quantitative estimate of drug-likeness (QED) is 0.503. The molecule has 3 aliphatic rings. The number of hydrogen-bond acceptors (Lipinski definition) is 5. The molecule has 2 aliphatic heterocycles. The van der Waals surface area contributed by atoms with E-state index in [-0.39, 0.29) is 29.1 Å². The van der Waals surface area contributed by atoms with Gasteiger partial charge in [-0.05, 0) is 43.0 Å². The largest absolute Gasteiger partial charge is 0.361 e. The number of amides is 2. The fraction of sp³-hybridized carbons (Fsp3) is 0.333. The van der Waals surface area contributed by atoms with Crippen molar-refractivity contribution in [2.45, 2.75) is 19.8 Å². The van der Waals surface area contributed by atoms with Crippen LogP contribution in [0.5, 0.6) is 0 Å². The summed E-state index contributed by atoms with van der Waals surface area (Å²) in [5.41, 5.74) is 4.88. The van der Waals surface area contributed by atoms with Crippen molar-refractivity contribution in [2.75, 3.05) is 37.7 Å². The van der Waals surface area contributed by atoms with E-state index in [1.807, 2.05) is 17.9 Å². The van der Waals surface area contributed by atoms with Crippen molar-refractivity contribution in [3.63, 3.8) is 0 Å². The van der Waals surface area contributed by atoms with Gasteiger partial charge in [-0.25, -0.2) is 12.8 Å². The Kier molecular flexibility index (Phi) is 6.87. The number of sulfone groups is 1. The number of benzene rings is 1. The first-order valence-electron chi connectivity index (χ1n) is 12.3. The average molecular weight is 525 g/mol. The highest BCUT2D eigenvalue weighted by Crippen LogP contribution is 2.40. The standard InChI is InChI=1S/C27H29FN4O4S/c1-17-21(26(33)29-9-10-32-11-13-37(35,36)14-12-32)16-30-24(17)15-20-25-19(18-5-2-3-7-22(18)28)6-4-8-23(25)31-27(20)34/h2-3,5,7-8,15-16,30H,4,6,9-14H2,1H3,(H,29,33)(H,31,34)/b20-15-. The molecule has 10 heteroatoms. The molecule has 3 N–H and O–H groups in total. The minimum atomic E-state index is -2.94. The third-order valence-electron chi connectivity index (χ3n) is 7.14. The highest BCUT2D eigenvalue weighted by Gasteiger charge is 2.33. The van der Waals surface area contributed by atoms with Crippen molar-refractivity contribution >= 4 is 33.3 Å². The molecule has 2 amide bonds. The topological polar surface area (TPSA) is 111 Å². The summed E-state index contributed by atoms with van der Waals surface area (Å²) < 4.78 is 37.8. The van der Waals surface area contributed by atoms with Crippen LogP contribution >= 0.6 is 0 Å². The second-order valence-electron chi connectivity index (χ2n) is 9.49. The van der Waals surface area contributed by atoms with Crippen LogP contribution in [0, 0.1) is 12.7 Å². The van der Waals surface area contributed by atoms with Crippen molar-refractivity contribution < 1.29 is 22.4 Å². The van der Waals surface area contributed by atoms with Gasteiger partial charge < -0.3 is 15.6 Å². The van der Waals surface area contributed by atoms with Crippen LogP contribution in [-0.2, 0) is 14.6 Å². The summed E-state index contributed by atoms with van der Waals surface area (Å²) in [6, 6.07) is 6.57. The fourth-order valence-corrected chi connectivity index (χ4v) is 6.30. The van der Waals surface area contributed by atoms with Crippen LogP contribution in [0.25, 0.3) is 11.6 Å². The van der Waals surface area contributed by atoms with Crippen molar-refractivity contribution in [2.24, 2.45) is 0 Å². The summed E-state index contributed by atoms with van der Waals surface area (Å²) in [5, 5.41) is 5.79. The third-order valence-corrected chi connectivity index (χ3v) is 8.75. The lowest BCUT2D eigenvalue weighted by molar-refractivity contribution is -0.115. The number of rotatable bonds is 6. The molecule has 194 valence electrons. The number of aromatic nitrogens is 1. The van der Waals surface area contributed by atoms with Crippen molar-refractivity contribution in [1.82, 2.24) is 20.5 Å². The fourth-order valence-electron chi connectivity index (χ4n) is 5.03. The van der Waals surface area contributed by atoms with Gasteiger partial charge >= 0.3 is 0 Å². The molecular formula is C27H29FN4O4S. The minimum Gasteiger partial charge on any atom is -0.361 e. The first kappa shape index (κ1) is 25.2. The number of nitrogens with one attached hydrogen (secondary N) is 3. The Bertz CT molecular complexity index is 1450. The van der Waals surface area contributed by atoms with Gasteiger partial charge in [0.2, 0.25) is 0 Å². The van der Waals surface area contributed by atoms with Gasteiger partial charge in [0.15, 0.2) is 9.84 Å². The van der Waals surface area contributed by atoms with Crippen LogP contribution in [0.1, 0.15) is 40.0 Å². The molecule has 0 saturated carbocycles. The molecule has 0 bridgehead atoms. The second kappa shape index (κ2) is 10.1. The van der Waals surface area contributed by atoms with E-state index in [1.165, 1.54) is 6.07 Å². The maximum Gasteiger partial charge on any atom is 0.256 e. The van der Waals surface area contributed by atoms with Gasteiger partial charge in [0.05, 0.1) is 22.6 Å². The normalized spacial score (nSPS) is 20.5. The van der Waals surface area contributed by atoms with Crippen LogP contribution in [0.15, 0.2) is 53.4 Å². The number of carbonyl (C=O) groups is 2. The van der Waals surface area contributed by atoms with Crippen LogP contribution in [0.3, 0.4) is 0 Å². The van der Waals surface area contributed by atoms with Gasteiger partial charge in [0.1, 0.15) is 5.82 Å². The van der Waals surface area contributed by atoms with E-state index in [4.69, 9.17) is 0 Å². The maximum atomic E-state index is 14.6. The Labute approximate surface area is 215 Å². The van der Waals surface area contributed by atoms with E-state index >= 15 is 0 Å². The Morgan fingerprint density at radius 2 is 1.97 bits per heavy atom. The molecule has 1 aliphatic carbocycles. The molecule has 0 radical (unpaired) electrons. The first-order chi connectivity index (χ1) is 17.7. The molecule has 2 saturated heterocycles. The van der Waals surface area contributed by atoms with Crippen molar-refractivity contribution in [3.05, 3.63) is 81.6 Å². The minimum absolute atomic E-state index is 0.148. The first-order valence-corrected chi connectivity index (χ1v) is 14.2. The predicted molar refractivity (Wildman–Crippen MR) is 140 cm³/mol. The van der Waals surface area contributed by atoms with E-state index < -0.39 is 9.84 Å². The SMILES string of the molecule is Cc1c(C(=O)NCCN2CCS(=O)(=O)CC2)c[nH]c1/C=C1\C(=O)NC2=CCCC(c3ccccc3F)=C21. The predicted octanol–water partition coefficient (Wildman–Crippen LogP) is 2.57. The third kappa shape index (κ3) is 5.17. The summed E-state index contributed by atoms with van der Waals surface area (Å²) in [7, 11) is -2.94. The molecular weight excluding hydrogens is 495 g/mol. The van der Waals surface area contributed by atoms with Crippen LogP contribution in [0.4, 0.5) is 4.39 Å². The van der Waals surface area contributed by atoms with Gasteiger partial charge in [0.25, 0.3) is 11.8 Å². The molecule has 2 fully saturated rings. The summed E-state index contributed by atoms with van der Waals surface area (Å²) in [6.07, 6.45) is 6.61. The summed E-state index contributed by atoms with van der Waals surface area (Å²) in [5.74, 6) is -0.541. The van der Waals surface area contributed by atoms with E-state index in [1.54, 1.807) is 30.5 Å². The highest BCUT2D eigenvalue weighted by molar-refractivity contribution is 7.91. The van der Waals surface area contributed by atoms with E-state index in [2.05, 4.69) is 15.6 Å². The van der Waals surface area contributed by atoms with Crippen molar-refractivity contribution in [3.8, 4) is 0 Å². The smallest absolute Gasteiger partial charge is 0.256 e. The summed E-state index contributed by atoms with van der Waals surface area (Å²) >= 11 is 0. The van der Waals surface area contributed by atoms with Gasteiger partial charge in [-0.3, -0.25) is 14.5 Å². The van der Waals surface area contributed by atoms with Crippen LogP contribution < -0.4 is 10.6 Å². The Morgan fingerprint density at radius 1 is 1.22 bits per heavy atom. The number of fused-ring (bicyclic) bond motifs is 1. The molecule has 1 aromatic heterocycles. The van der Waals surface area contributed by atoms with Gasteiger partial charge in [0, 0.05) is 54.9 Å². The molecule has 8 nitrogen and oxygen atoms in total. The molecule has 37 heavy (non-hydrogen) atoms. The second-order valence-corrected chi connectivity index (χ2v) is 11.8. The Morgan fingerprint density at radius 3 is 2.73 bits per heavy atom. The molecule has 0 atom stereocenters. The van der Waals surface area contributed by atoms with Crippen molar-refractivity contribution in [1.29, 1.82) is 0 Å². The molecule has 5 rings (SSSR count). The monoisotopic (exact) mass is 524 g/mol. The average Bonchev–Trinajstić information content (AvgIpc) is 3.39. The van der Waals surface area contributed by atoms with Gasteiger partial charge in [-0.15, -0.1) is 0 Å². The van der Waals surface area contributed by atoms with Gasteiger partial charge in [-0.1, -0.05) is 24.3 Å². The van der Waals surface area contributed by atoms with Crippen LogP contribution in [0.2, 0.25) is 0 Å². The lowest BCUT2D eigenvalue weighted by Crippen LogP contribution is -2.43. The molecule has 1 aromatic carbocycles. The zero-order valence-corrected chi connectivity index (χ0v) is 21.4. The van der Waals surface area contributed by atoms with Gasteiger partial charge in [-0.2, -0.15) is 0 Å². The Balaban J connectivity index is 1.34. The number of halogens is 1. The number of hydrogen-bond donors (Lipinski definition) is 3. The number of allylic oxidation sites excluding steroid dienone is 3. The number of nitrogens with zero attached hydrogens (tertiary/aromatic N) is 1. The molecule has 3 heterocycles. The zero-order chi connectivity index (χ0) is 26.2. The highest BCUT2D eigenvalue weighted by atomic mass is 32.2. The zero-order valence-electron chi connectivity index (χ0n) is 20.6. The number of H-pyrrole nitrogens is 1. The van der Waals surface area contributed by atoms with E-state index in [0.717, 1.165) is 5.57 Å². The lowest BCUT2D eigenvalue weighted by Gasteiger charge is -2.26. The summed E-state index contributed by atoms with van der Waals surface area (Å²) in [6.45, 7) is 3.73. The van der Waals surface area contributed by atoms with E-state index in [0.29, 0.717) is 78.2 Å². The van der Waals surface area contributed by atoms with E-state index in [9.17, 15) is 22.4 Å². The molecule has 2 aromatic rings. The number of carbonyl (C=O) groups excluding carboxylic acids is 2. The lowest BCUT2D eigenvalue weighted by atomic mass is 9.87. The molecule has 0 spiro atoms. The van der Waals surface area contributed by atoms with Crippen LogP contribution in [-0.4, -0.2) is 67.8 Å². The Hall–Kier alpha value is -3.50. The molecule has 0 unspecified atom stereocenters. The number of aromatic amines is 1.